The van der Waals surface area contributed by atoms with Crippen LogP contribution in [0.4, 0.5) is 0 Å². The summed E-state index contributed by atoms with van der Waals surface area (Å²) < 4.78 is 0. The van der Waals surface area contributed by atoms with Crippen LogP contribution in [0.1, 0.15) is 5.56 Å². The third kappa shape index (κ3) is 1.79. The Morgan fingerprint density at radius 2 is 1.94 bits per heavy atom. The molecule has 0 saturated heterocycles. The Hall–Kier alpha value is -2.18. The molecule has 0 N–H and O–H groups in total. The van der Waals surface area contributed by atoms with Crippen LogP contribution in [0.25, 0.3) is 20.7 Å². The lowest BCUT2D eigenvalue weighted by atomic mass is 10.1. The van der Waals surface area contributed by atoms with Gasteiger partial charge in [0.25, 0.3) is 0 Å². The molecule has 0 fully saturated rings. The summed E-state index contributed by atoms with van der Waals surface area (Å²) in [5.41, 5.74) is 1.80. The van der Waals surface area contributed by atoms with E-state index in [-0.39, 0.29) is 0 Å². The lowest BCUT2D eigenvalue weighted by Crippen LogP contribution is -1.75. The van der Waals surface area contributed by atoms with Crippen LogP contribution in [0.15, 0.2) is 48.7 Å². The molecule has 0 radical (unpaired) electrons. The van der Waals surface area contributed by atoms with Crippen molar-refractivity contribution in [2.45, 2.75) is 0 Å². The van der Waals surface area contributed by atoms with Crippen LogP contribution in [-0.2, 0) is 0 Å². The minimum absolute atomic E-state index is 0.606. The zero-order valence-electron chi connectivity index (χ0n) is 8.92. The maximum Gasteiger partial charge on any atom is 0.123 e. The molecule has 0 aliphatic rings. The van der Waals surface area contributed by atoms with E-state index in [0.29, 0.717) is 5.56 Å². The number of nitrogens with zero attached hydrogens (tertiary/aromatic N) is 2. The summed E-state index contributed by atoms with van der Waals surface area (Å²) in [5, 5.41) is 9.87. The largest absolute Gasteiger partial charge is 0.244 e. The lowest BCUT2D eigenvalue weighted by Gasteiger charge is -1.93. The maximum absolute atomic E-state index is 8.83. The molecule has 80 valence electrons. The van der Waals surface area contributed by atoms with E-state index in [1.807, 2.05) is 24.3 Å². The Balaban J connectivity index is 2.18. The smallest absolute Gasteiger partial charge is 0.123 e. The summed E-state index contributed by atoms with van der Waals surface area (Å²) in [4.78, 5) is 6.45. The molecule has 0 saturated carbocycles. The third-order valence-corrected chi connectivity index (χ3v) is 3.67. The van der Waals surface area contributed by atoms with Crippen LogP contribution >= 0.6 is 11.3 Å². The monoisotopic (exact) mass is 236 g/mol. The van der Waals surface area contributed by atoms with Crippen molar-refractivity contribution < 1.29 is 0 Å². The van der Waals surface area contributed by atoms with Gasteiger partial charge < -0.3 is 0 Å². The second-order valence-electron chi connectivity index (χ2n) is 3.71. The van der Waals surface area contributed by atoms with Gasteiger partial charge in [0.15, 0.2) is 0 Å². The van der Waals surface area contributed by atoms with Gasteiger partial charge in [-0.25, -0.2) is 4.98 Å². The molecule has 3 aromatic rings. The molecular weight excluding hydrogens is 228 g/mol. The molecule has 0 amide bonds. The standard InChI is InChI=1S/C14H8N2S/c15-8-10-6-12-7-13(17-14(12)16-9-10)11-4-2-1-3-5-11/h1-7,9H. The van der Waals surface area contributed by atoms with Crippen LogP contribution in [0.2, 0.25) is 0 Å². The molecule has 0 spiro atoms. The van der Waals surface area contributed by atoms with Gasteiger partial charge in [0.1, 0.15) is 10.9 Å². The number of aromatic nitrogens is 1. The highest BCUT2D eigenvalue weighted by atomic mass is 32.1. The first-order valence-electron chi connectivity index (χ1n) is 5.22. The van der Waals surface area contributed by atoms with Crippen molar-refractivity contribution >= 4 is 21.6 Å². The van der Waals surface area contributed by atoms with Crippen LogP contribution in [0.3, 0.4) is 0 Å². The average molecular weight is 236 g/mol. The molecule has 0 bridgehead atoms. The fraction of sp³-hybridized carbons (Fsp3) is 0. The summed E-state index contributed by atoms with van der Waals surface area (Å²) in [6.45, 7) is 0. The summed E-state index contributed by atoms with van der Waals surface area (Å²) in [7, 11) is 0. The molecular formula is C14H8N2S. The molecule has 3 heteroatoms. The third-order valence-electron chi connectivity index (χ3n) is 2.56. The minimum atomic E-state index is 0.606. The van der Waals surface area contributed by atoms with Gasteiger partial charge in [0.05, 0.1) is 5.56 Å². The van der Waals surface area contributed by atoms with E-state index in [1.165, 1.54) is 10.4 Å². The van der Waals surface area contributed by atoms with Crippen molar-refractivity contribution in [1.29, 1.82) is 5.26 Å². The van der Waals surface area contributed by atoms with Crippen molar-refractivity contribution in [2.75, 3.05) is 0 Å². The van der Waals surface area contributed by atoms with E-state index in [1.54, 1.807) is 17.5 Å². The molecule has 0 atom stereocenters. The zero-order valence-corrected chi connectivity index (χ0v) is 9.74. The Kier molecular flexibility index (Phi) is 2.36. The summed E-state index contributed by atoms with van der Waals surface area (Å²) >= 11 is 1.65. The average Bonchev–Trinajstić information content (AvgIpc) is 2.82. The Bertz CT molecular complexity index is 708. The van der Waals surface area contributed by atoms with E-state index in [0.717, 1.165) is 10.2 Å². The highest BCUT2D eigenvalue weighted by Crippen LogP contribution is 2.32. The number of hydrogen-bond donors (Lipinski definition) is 0. The Morgan fingerprint density at radius 3 is 2.71 bits per heavy atom. The number of nitriles is 1. The predicted molar refractivity (Wildman–Crippen MR) is 69.8 cm³/mol. The van der Waals surface area contributed by atoms with E-state index in [4.69, 9.17) is 5.26 Å². The van der Waals surface area contributed by atoms with Crippen molar-refractivity contribution in [2.24, 2.45) is 0 Å². The SMILES string of the molecule is N#Cc1cnc2sc(-c3ccccc3)cc2c1. The molecule has 0 unspecified atom stereocenters. The van der Waals surface area contributed by atoms with Gasteiger partial charge in [-0.15, -0.1) is 11.3 Å². The van der Waals surface area contributed by atoms with Crippen LogP contribution in [0, 0.1) is 11.3 Å². The Morgan fingerprint density at radius 1 is 1.12 bits per heavy atom. The summed E-state index contributed by atoms with van der Waals surface area (Å²) in [5.74, 6) is 0. The highest BCUT2D eigenvalue weighted by Gasteiger charge is 2.05. The lowest BCUT2D eigenvalue weighted by molar-refractivity contribution is 1.39. The topological polar surface area (TPSA) is 36.7 Å². The number of hydrogen-bond acceptors (Lipinski definition) is 3. The van der Waals surface area contributed by atoms with E-state index < -0.39 is 0 Å². The van der Waals surface area contributed by atoms with Crippen molar-refractivity contribution in [3.8, 4) is 16.5 Å². The van der Waals surface area contributed by atoms with Crippen LogP contribution in [-0.4, -0.2) is 4.98 Å². The fourth-order valence-electron chi connectivity index (χ4n) is 1.74. The van der Waals surface area contributed by atoms with Crippen molar-refractivity contribution in [1.82, 2.24) is 4.98 Å². The van der Waals surface area contributed by atoms with Gasteiger partial charge >= 0.3 is 0 Å². The van der Waals surface area contributed by atoms with Crippen LogP contribution in [0.5, 0.6) is 0 Å². The number of benzene rings is 1. The number of rotatable bonds is 1. The molecule has 2 aromatic heterocycles. The van der Waals surface area contributed by atoms with E-state index in [2.05, 4.69) is 29.3 Å². The van der Waals surface area contributed by atoms with E-state index in [9.17, 15) is 0 Å². The molecule has 0 aliphatic heterocycles. The fourth-order valence-corrected chi connectivity index (χ4v) is 2.73. The van der Waals surface area contributed by atoms with Crippen molar-refractivity contribution in [3.05, 3.63) is 54.2 Å². The summed E-state index contributed by atoms with van der Waals surface area (Å²) in [6.07, 6.45) is 1.62. The van der Waals surface area contributed by atoms with Gasteiger partial charge in [-0.2, -0.15) is 5.26 Å². The maximum atomic E-state index is 8.83. The second kappa shape index (κ2) is 4.00. The molecule has 2 heterocycles. The molecule has 1 aromatic carbocycles. The first kappa shape index (κ1) is 10.0. The molecule has 0 aliphatic carbocycles. The quantitative estimate of drug-likeness (QED) is 0.643. The Labute approximate surface area is 103 Å². The highest BCUT2D eigenvalue weighted by molar-refractivity contribution is 7.21. The van der Waals surface area contributed by atoms with Gasteiger partial charge in [-0.05, 0) is 17.7 Å². The summed E-state index contributed by atoms with van der Waals surface area (Å²) in [6, 6.07) is 16.3. The van der Waals surface area contributed by atoms with Gasteiger partial charge in [0, 0.05) is 16.5 Å². The number of thiophene rings is 1. The zero-order chi connectivity index (χ0) is 11.7. The molecule has 3 rings (SSSR count). The van der Waals surface area contributed by atoms with Gasteiger partial charge in [-0.3, -0.25) is 0 Å². The number of pyridine rings is 1. The van der Waals surface area contributed by atoms with Gasteiger partial charge in [-0.1, -0.05) is 30.3 Å². The second-order valence-corrected chi connectivity index (χ2v) is 4.74. The predicted octanol–water partition coefficient (Wildman–Crippen LogP) is 3.83. The normalized spacial score (nSPS) is 10.3. The van der Waals surface area contributed by atoms with Crippen LogP contribution < -0.4 is 0 Å². The molecule has 2 nitrogen and oxygen atoms in total. The first-order chi connectivity index (χ1) is 8.36. The molecule has 17 heavy (non-hydrogen) atoms. The number of fused-ring (bicyclic) bond motifs is 1. The minimum Gasteiger partial charge on any atom is -0.244 e. The van der Waals surface area contributed by atoms with Crippen molar-refractivity contribution in [3.63, 3.8) is 0 Å². The van der Waals surface area contributed by atoms with Gasteiger partial charge in [0.2, 0.25) is 0 Å². The van der Waals surface area contributed by atoms with E-state index >= 15 is 0 Å². The first-order valence-corrected chi connectivity index (χ1v) is 6.03.